The summed E-state index contributed by atoms with van der Waals surface area (Å²) in [5, 5.41) is 11.4. The summed E-state index contributed by atoms with van der Waals surface area (Å²) in [6, 6.07) is 3.81. The first kappa shape index (κ1) is 30.9. The van der Waals surface area contributed by atoms with Gasteiger partial charge in [-0.25, -0.2) is 21.6 Å². The second kappa shape index (κ2) is 10.4. The van der Waals surface area contributed by atoms with Crippen molar-refractivity contribution in [2.75, 3.05) is 13.2 Å². The SMILES string of the molecule is CC(C)(C)[Si](C)(C)OCCN[C@H]1c2c(S(=O)(=O)C(F)(F)F)ccc(Oc3cc(F)cc(C#N)c3)c2CC1(F)F. The molecule has 0 bridgehead atoms. The summed E-state index contributed by atoms with van der Waals surface area (Å²) in [6.45, 7) is 9.57. The maximum Gasteiger partial charge on any atom is 0.501 e. The lowest BCUT2D eigenvalue weighted by atomic mass is 10.1. The summed E-state index contributed by atoms with van der Waals surface area (Å²) < 4.78 is 121. The second-order valence-corrected chi connectivity index (χ2v) is 17.4. The van der Waals surface area contributed by atoms with Crippen LogP contribution < -0.4 is 10.1 Å². The summed E-state index contributed by atoms with van der Waals surface area (Å²) in [6.07, 6.45) is -1.14. The number of nitrogens with one attached hydrogen (secondary N) is 1. The highest BCUT2D eigenvalue weighted by molar-refractivity contribution is 7.92. The molecule has 0 fully saturated rings. The summed E-state index contributed by atoms with van der Waals surface area (Å²) in [4.78, 5) is -1.32. The van der Waals surface area contributed by atoms with Gasteiger partial charge in [-0.2, -0.15) is 18.4 Å². The van der Waals surface area contributed by atoms with Crippen LogP contribution in [0.2, 0.25) is 18.1 Å². The normalized spacial score (nSPS) is 17.5. The number of fused-ring (bicyclic) bond motifs is 1. The van der Waals surface area contributed by atoms with Crippen molar-refractivity contribution in [1.29, 1.82) is 5.26 Å². The molecule has 2 aromatic rings. The van der Waals surface area contributed by atoms with Crippen molar-refractivity contribution < 1.29 is 43.9 Å². The van der Waals surface area contributed by atoms with Crippen LogP contribution in [-0.4, -0.2) is 41.3 Å². The minimum absolute atomic E-state index is 0.0316. The van der Waals surface area contributed by atoms with E-state index in [1.165, 1.54) is 0 Å². The van der Waals surface area contributed by atoms with Crippen LogP contribution in [0.15, 0.2) is 35.2 Å². The molecular weight excluding hydrogens is 566 g/mol. The maximum absolute atomic E-state index is 15.3. The van der Waals surface area contributed by atoms with Crippen LogP contribution in [-0.2, 0) is 20.7 Å². The molecule has 0 aliphatic heterocycles. The van der Waals surface area contributed by atoms with Crippen LogP contribution >= 0.6 is 0 Å². The number of hydrogen-bond acceptors (Lipinski definition) is 6. The fourth-order valence-electron chi connectivity index (χ4n) is 3.92. The molecule has 0 saturated carbocycles. The largest absolute Gasteiger partial charge is 0.501 e. The molecule has 0 unspecified atom stereocenters. The Hall–Kier alpha value is -2.60. The van der Waals surface area contributed by atoms with E-state index in [0.717, 1.165) is 24.3 Å². The van der Waals surface area contributed by atoms with Crippen molar-refractivity contribution in [3.8, 4) is 17.6 Å². The van der Waals surface area contributed by atoms with Gasteiger partial charge in [0.25, 0.3) is 15.8 Å². The Morgan fingerprint density at radius 1 is 1.15 bits per heavy atom. The maximum atomic E-state index is 15.3. The highest BCUT2D eigenvalue weighted by Gasteiger charge is 2.55. The lowest BCUT2D eigenvalue weighted by molar-refractivity contribution is -0.0442. The fourth-order valence-corrected chi connectivity index (χ4v) is 5.99. The van der Waals surface area contributed by atoms with E-state index in [2.05, 4.69) is 5.32 Å². The van der Waals surface area contributed by atoms with Crippen molar-refractivity contribution in [3.63, 3.8) is 0 Å². The Morgan fingerprint density at radius 2 is 1.79 bits per heavy atom. The van der Waals surface area contributed by atoms with Gasteiger partial charge in [0.05, 0.1) is 22.6 Å². The van der Waals surface area contributed by atoms with E-state index in [4.69, 9.17) is 14.4 Å². The van der Waals surface area contributed by atoms with Crippen molar-refractivity contribution in [1.82, 2.24) is 5.32 Å². The quantitative estimate of drug-likeness (QED) is 0.210. The van der Waals surface area contributed by atoms with Gasteiger partial charge in [0.1, 0.15) is 17.3 Å². The molecule has 1 atom stereocenters. The number of nitrogens with zero attached hydrogens (tertiary/aromatic N) is 1. The molecule has 6 nitrogen and oxygen atoms in total. The molecule has 14 heteroatoms. The number of rotatable bonds is 8. The molecule has 0 spiro atoms. The number of benzene rings is 2. The van der Waals surface area contributed by atoms with E-state index in [1.54, 1.807) is 6.07 Å². The van der Waals surface area contributed by atoms with E-state index in [9.17, 15) is 26.0 Å². The van der Waals surface area contributed by atoms with Crippen LogP contribution in [0.3, 0.4) is 0 Å². The predicted molar refractivity (Wildman–Crippen MR) is 133 cm³/mol. The van der Waals surface area contributed by atoms with Gasteiger partial charge in [0.2, 0.25) is 0 Å². The third-order valence-corrected chi connectivity index (χ3v) is 13.0. The van der Waals surface area contributed by atoms with Crippen LogP contribution in [0, 0.1) is 17.1 Å². The minimum Gasteiger partial charge on any atom is -0.457 e. The first-order chi connectivity index (χ1) is 17.7. The summed E-state index contributed by atoms with van der Waals surface area (Å²) >= 11 is 0. The lowest BCUT2D eigenvalue weighted by Gasteiger charge is -2.36. The van der Waals surface area contributed by atoms with Crippen molar-refractivity contribution in [2.24, 2.45) is 0 Å². The molecule has 1 aliphatic carbocycles. The molecule has 0 saturated heterocycles. The molecule has 0 heterocycles. The zero-order valence-electron chi connectivity index (χ0n) is 21.8. The van der Waals surface area contributed by atoms with Crippen LogP contribution in [0.4, 0.5) is 26.3 Å². The first-order valence-electron chi connectivity index (χ1n) is 11.8. The Balaban J connectivity index is 2.06. The zero-order chi connectivity index (χ0) is 29.6. The molecule has 1 N–H and O–H groups in total. The molecule has 0 radical (unpaired) electrons. The highest BCUT2D eigenvalue weighted by Crippen LogP contribution is 2.51. The van der Waals surface area contributed by atoms with Crippen molar-refractivity contribution >= 4 is 18.2 Å². The Labute approximate surface area is 224 Å². The number of sulfone groups is 1. The molecule has 39 heavy (non-hydrogen) atoms. The summed E-state index contributed by atoms with van der Waals surface area (Å²) in [7, 11) is -8.29. The van der Waals surface area contributed by atoms with Gasteiger partial charge >= 0.3 is 5.51 Å². The Kier molecular flexibility index (Phi) is 8.26. The third kappa shape index (κ3) is 6.26. The number of ether oxygens (including phenoxy) is 1. The average Bonchev–Trinajstić information content (AvgIpc) is 3.05. The lowest BCUT2D eigenvalue weighted by Crippen LogP contribution is -2.43. The van der Waals surface area contributed by atoms with Crippen molar-refractivity contribution in [2.45, 2.75) is 67.7 Å². The van der Waals surface area contributed by atoms with Gasteiger partial charge in [0.15, 0.2) is 8.32 Å². The topological polar surface area (TPSA) is 88.4 Å². The van der Waals surface area contributed by atoms with Crippen molar-refractivity contribution in [3.05, 3.63) is 52.8 Å². The number of alkyl halides is 5. The van der Waals surface area contributed by atoms with Gasteiger partial charge < -0.3 is 14.5 Å². The van der Waals surface area contributed by atoms with E-state index < -0.39 is 63.9 Å². The molecule has 3 rings (SSSR count). The van der Waals surface area contributed by atoms with Gasteiger partial charge in [-0.1, -0.05) is 20.8 Å². The van der Waals surface area contributed by atoms with Gasteiger partial charge in [0, 0.05) is 36.8 Å². The van der Waals surface area contributed by atoms with Crippen LogP contribution in [0.25, 0.3) is 0 Å². The summed E-state index contributed by atoms with van der Waals surface area (Å²) in [5.74, 6) is -5.23. The molecular formula is C25H28F6N2O4SSi. The number of halogens is 6. The highest BCUT2D eigenvalue weighted by atomic mass is 32.2. The van der Waals surface area contributed by atoms with E-state index >= 15 is 8.78 Å². The predicted octanol–water partition coefficient (Wildman–Crippen LogP) is 6.63. The number of nitriles is 1. The van der Waals surface area contributed by atoms with Gasteiger partial charge in [-0.05, 0) is 42.4 Å². The van der Waals surface area contributed by atoms with E-state index in [1.807, 2.05) is 33.9 Å². The van der Waals surface area contributed by atoms with Gasteiger partial charge in [-0.3, -0.25) is 0 Å². The van der Waals surface area contributed by atoms with Crippen LogP contribution in [0.5, 0.6) is 11.5 Å². The first-order valence-corrected chi connectivity index (χ1v) is 16.2. The smallest absolute Gasteiger partial charge is 0.457 e. The molecule has 0 amide bonds. The van der Waals surface area contributed by atoms with E-state index in [-0.39, 0.29) is 35.3 Å². The fraction of sp³-hybridized carbons (Fsp3) is 0.480. The molecule has 0 aromatic heterocycles. The second-order valence-electron chi connectivity index (χ2n) is 10.7. The number of hydrogen-bond donors (Lipinski definition) is 1. The standard InChI is InChI=1S/C25H28F6N2O4SSi/c1-23(2,3)39(4,5)36-9-8-33-22-21-18(13-24(22,27)28)19(6-7-20(21)38(34,35)25(29,30)31)37-17-11-15(14-32)10-16(26)12-17/h6-7,10-12,22,33H,8-9,13H2,1-5H3/t22-/m0/s1. The molecule has 2 aromatic carbocycles. The summed E-state index contributed by atoms with van der Waals surface area (Å²) in [5.41, 5.74) is -7.15. The minimum atomic E-state index is -6.02. The van der Waals surface area contributed by atoms with Gasteiger partial charge in [-0.15, -0.1) is 0 Å². The molecule has 1 aliphatic rings. The Morgan fingerprint density at radius 3 is 2.36 bits per heavy atom. The Bertz CT molecular complexity index is 1400. The van der Waals surface area contributed by atoms with E-state index in [0.29, 0.717) is 6.07 Å². The monoisotopic (exact) mass is 594 g/mol. The zero-order valence-corrected chi connectivity index (χ0v) is 23.7. The third-order valence-electron chi connectivity index (χ3n) is 6.94. The average molecular weight is 595 g/mol. The molecule has 214 valence electrons. The van der Waals surface area contributed by atoms with Crippen LogP contribution in [0.1, 0.15) is 43.5 Å².